The lowest BCUT2D eigenvalue weighted by atomic mass is 9.79. The van der Waals surface area contributed by atoms with Crippen molar-refractivity contribution in [3.8, 4) is 0 Å². The number of carbonyl (C=O) groups is 2. The largest absolute Gasteiger partial charge is 0.469 e. The Morgan fingerprint density at radius 1 is 1.06 bits per heavy atom. The van der Waals surface area contributed by atoms with Gasteiger partial charge in [-0.1, -0.05) is 6.92 Å². The van der Waals surface area contributed by atoms with Crippen LogP contribution in [0.4, 0.5) is 0 Å². The first-order valence-corrected chi connectivity index (χ1v) is 5.73. The van der Waals surface area contributed by atoms with Gasteiger partial charge in [0.25, 0.3) is 0 Å². The fraction of sp³-hybridized carbons (Fsp3) is 0.833. The molecule has 6 nitrogen and oxygen atoms in total. The molecule has 0 aromatic heterocycles. The maximum Gasteiger partial charge on any atom is 0.316 e. The summed E-state index contributed by atoms with van der Waals surface area (Å²) in [5, 5.41) is 0. The highest BCUT2D eigenvalue weighted by Crippen LogP contribution is 2.36. The van der Waals surface area contributed by atoms with Gasteiger partial charge in [0.05, 0.1) is 14.2 Å². The third kappa shape index (κ3) is 3.68. The minimum absolute atomic E-state index is 0.0999. The Hall–Kier alpha value is -1.14. The summed E-state index contributed by atoms with van der Waals surface area (Å²) in [5.74, 6) is -0.842. The average Bonchev–Trinajstić information content (AvgIpc) is 2.42. The van der Waals surface area contributed by atoms with Gasteiger partial charge in [-0.2, -0.15) is 0 Å². The average molecular weight is 262 g/mol. The standard InChI is InChI=1S/C12H22O6/c1-6-12(10(14)16-3,11(17-4)18-5)8-7-9(13)15-2/h11H,6-8H2,1-5H3/t12-/m1/s1. The lowest BCUT2D eigenvalue weighted by molar-refractivity contribution is -0.205. The van der Waals surface area contributed by atoms with Gasteiger partial charge in [0.1, 0.15) is 5.41 Å². The molecule has 0 N–H and O–H groups in total. The highest BCUT2D eigenvalue weighted by molar-refractivity contribution is 5.78. The fourth-order valence-corrected chi connectivity index (χ4v) is 1.98. The van der Waals surface area contributed by atoms with Crippen molar-refractivity contribution in [2.24, 2.45) is 5.41 Å². The Morgan fingerprint density at radius 2 is 1.61 bits per heavy atom. The zero-order valence-electron chi connectivity index (χ0n) is 11.6. The monoisotopic (exact) mass is 262 g/mol. The molecule has 0 saturated heterocycles. The molecule has 1 atom stereocenters. The summed E-state index contributed by atoms with van der Waals surface area (Å²) in [6, 6.07) is 0. The highest BCUT2D eigenvalue weighted by Gasteiger charge is 2.46. The van der Waals surface area contributed by atoms with Crippen LogP contribution in [-0.4, -0.2) is 46.7 Å². The van der Waals surface area contributed by atoms with E-state index in [4.69, 9.17) is 14.2 Å². The van der Waals surface area contributed by atoms with Crippen molar-refractivity contribution in [2.75, 3.05) is 28.4 Å². The van der Waals surface area contributed by atoms with Crippen LogP contribution in [-0.2, 0) is 28.5 Å². The topological polar surface area (TPSA) is 71.1 Å². The lowest BCUT2D eigenvalue weighted by Gasteiger charge is -2.35. The van der Waals surface area contributed by atoms with Crippen LogP contribution in [0.2, 0.25) is 0 Å². The summed E-state index contributed by atoms with van der Waals surface area (Å²) in [6.45, 7) is 1.82. The molecule has 0 unspecified atom stereocenters. The molecule has 0 radical (unpaired) electrons. The quantitative estimate of drug-likeness (QED) is 0.482. The van der Waals surface area contributed by atoms with E-state index in [-0.39, 0.29) is 18.8 Å². The number of carbonyl (C=O) groups excluding carboxylic acids is 2. The van der Waals surface area contributed by atoms with Gasteiger partial charge in [-0.25, -0.2) is 0 Å². The second-order valence-corrected chi connectivity index (χ2v) is 3.88. The summed E-state index contributed by atoms with van der Waals surface area (Å²) in [4.78, 5) is 23.2. The number of hydrogen-bond donors (Lipinski definition) is 0. The van der Waals surface area contributed by atoms with Crippen LogP contribution in [0.25, 0.3) is 0 Å². The van der Waals surface area contributed by atoms with Gasteiger partial charge in [0.15, 0.2) is 6.29 Å². The maximum atomic E-state index is 12.0. The van der Waals surface area contributed by atoms with E-state index in [2.05, 4.69) is 4.74 Å². The van der Waals surface area contributed by atoms with Crippen molar-refractivity contribution in [3.63, 3.8) is 0 Å². The van der Waals surface area contributed by atoms with E-state index in [0.29, 0.717) is 6.42 Å². The van der Waals surface area contributed by atoms with Crippen molar-refractivity contribution in [1.82, 2.24) is 0 Å². The first kappa shape index (κ1) is 16.9. The Morgan fingerprint density at radius 3 is 1.94 bits per heavy atom. The van der Waals surface area contributed by atoms with E-state index in [0.717, 1.165) is 0 Å². The first-order chi connectivity index (χ1) is 8.52. The van der Waals surface area contributed by atoms with Crippen LogP contribution in [0.15, 0.2) is 0 Å². The van der Waals surface area contributed by atoms with Crippen LogP contribution < -0.4 is 0 Å². The van der Waals surface area contributed by atoms with Gasteiger partial charge in [0.2, 0.25) is 0 Å². The summed E-state index contributed by atoms with van der Waals surface area (Å²) < 4.78 is 19.7. The molecular formula is C12H22O6. The SMILES string of the molecule is CC[C@@](CCC(=O)OC)(C(=O)OC)C(OC)OC. The molecule has 0 aromatic rings. The minimum Gasteiger partial charge on any atom is -0.469 e. The van der Waals surface area contributed by atoms with Gasteiger partial charge < -0.3 is 18.9 Å². The predicted molar refractivity (Wildman–Crippen MR) is 63.8 cm³/mol. The molecule has 0 bridgehead atoms. The van der Waals surface area contributed by atoms with Gasteiger partial charge in [-0.3, -0.25) is 9.59 Å². The summed E-state index contributed by atoms with van der Waals surface area (Å²) in [6.07, 6.45) is 0.0144. The van der Waals surface area contributed by atoms with E-state index in [1.165, 1.54) is 28.4 Å². The molecule has 0 spiro atoms. The minimum atomic E-state index is -1.01. The van der Waals surface area contributed by atoms with Crippen LogP contribution in [0.3, 0.4) is 0 Å². The number of hydrogen-bond acceptors (Lipinski definition) is 6. The lowest BCUT2D eigenvalue weighted by Crippen LogP contribution is -2.45. The van der Waals surface area contributed by atoms with Crippen LogP contribution in [0, 0.1) is 5.41 Å². The molecule has 106 valence electrons. The van der Waals surface area contributed by atoms with Gasteiger partial charge in [0, 0.05) is 20.6 Å². The van der Waals surface area contributed by atoms with Crippen LogP contribution >= 0.6 is 0 Å². The van der Waals surface area contributed by atoms with Crippen LogP contribution in [0.1, 0.15) is 26.2 Å². The number of ether oxygens (including phenoxy) is 4. The summed E-state index contributed by atoms with van der Waals surface area (Å²) in [7, 11) is 5.49. The molecule has 0 aliphatic rings. The van der Waals surface area contributed by atoms with E-state index < -0.39 is 17.7 Å². The van der Waals surface area contributed by atoms with Crippen molar-refractivity contribution < 1.29 is 28.5 Å². The number of rotatable bonds is 8. The zero-order chi connectivity index (χ0) is 14.2. The fourth-order valence-electron chi connectivity index (χ4n) is 1.98. The Kier molecular flexibility index (Phi) is 7.54. The Labute approximate surface area is 108 Å². The predicted octanol–water partition coefficient (Wildman–Crippen LogP) is 1.13. The summed E-state index contributed by atoms with van der Waals surface area (Å²) in [5.41, 5.74) is -1.01. The number of esters is 2. The highest BCUT2D eigenvalue weighted by atomic mass is 16.7. The van der Waals surface area contributed by atoms with Crippen LogP contribution in [0.5, 0.6) is 0 Å². The second-order valence-electron chi connectivity index (χ2n) is 3.88. The Balaban J connectivity index is 5.09. The van der Waals surface area contributed by atoms with E-state index in [1.807, 2.05) is 6.92 Å². The van der Waals surface area contributed by atoms with E-state index in [1.54, 1.807) is 0 Å². The van der Waals surface area contributed by atoms with Gasteiger partial charge >= 0.3 is 11.9 Å². The van der Waals surface area contributed by atoms with Gasteiger partial charge in [-0.15, -0.1) is 0 Å². The molecule has 6 heteroatoms. The molecule has 0 amide bonds. The molecule has 0 aliphatic carbocycles. The molecule has 0 aromatic carbocycles. The normalized spacial score (nSPS) is 14.1. The van der Waals surface area contributed by atoms with E-state index in [9.17, 15) is 9.59 Å². The molecular weight excluding hydrogens is 240 g/mol. The molecule has 0 heterocycles. The molecule has 18 heavy (non-hydrogen) atoms. The third-order valence-electron chi connectivity index (χ3n) is 3.11. The summed E-state index contributed by atoms with van der Waals surface area (Å²) >= 11 is 0. The first-order valence-electron chi connectivity index (χ1n) is 5.73. The maximum absolute atomic E-state index is 12.0. The zero-order valence-corrected chi connectivity index (χ0v) is 11.6. The third-order valence-corrected chi connectivity index (χ3v) is 3.11. The van der Waals surface area contributed by atoms with Crippen molar-refractivity contribution in [2.45, 2.75) is 32.5 Å². The van der Waals surface area contributed by atoms with Crippen molar-refractivity contribution >= 4 is 11.9 Å². The van der Waals surface area contributed by atoms with Gasteiger partial charge in [-0.05, 0) is 12.8 Å². The molecule has 0 saturated carbocycles. The molecule has 0 fully saturated rings. The number of methoxy groups -OCH3 is 4. The van der Waals surface area contributed by atoms with E-state index >= 15 is 0 Å². The Bertz CT molecular complexity index is 274. The second kappa shape index (κ2) is 8.05. The molecule has 0 rings (SSSR count). The smallest absolute Gasteiger partial charge is 0.316 e. The van der Waals surface area contributed by atoms with Crippen molar-refractivity contribution in [1.29, 1.82) is 0 Å². The van der Waals surface area contributed by atoms with Crippen molar-refractivity contribution in [3.05, 3.63) is 0 Å². The molecule has 0 aliphatic heterocycles.